The maximum absolute atomic E-state index is 3.30. The summed E-state index contributed by atoms with van der Waals surface area (Å²) in [6.07, 6.45) is 13.0. The highest BCUT2D eigenvalue weighted by atomic mass is 14.1. The maximum Gasteiger partial charge on any atom is 0.0213 e. The lowest BCUT2D eigenvalue weighted by Gasteiger charge is -2.15. The van der Waals surface area contributed by atoms with E-state index in [1.807, 2.05) is 0 Å². The first-order valence-corrected chi connectivity index (χ1v) is 6.92. The average Bonchev–Trinajstić information content (AvgIpc) is 2.34. The lowest BCUT2D eigenvalue weighted by Crippen LogP contribution is -2.02. The van der Waals surface area contributed by atoms with Gasteiger partial charge in [0, 0.05) is 12.3 Å². The second-order valence-corrected chi connectivity index (χ2v) is 4.72. The SMILES string of the molecule is CCCCCCC#CC#CC1CCCCC1. The van der Waals surface area contributed by atoms with Gasteiger partial charge in [-0.05, 0) is 31.1 Å². The Morgan fingerprint density at radius 3 is 2.50 bits per heavy atom. The molecule has 0 aromatic carbocycles. The summed E-state index contributed by atoms with van der Waals surface area (Å²) in [6.45, 7) is 2.24. The molecule has 0 heterocycles. The van der Waals surface area contributed by atoms with Gasteiger partial charge >= 0.3 is 0 Å². The van der Waals surface area contributed by atoms with Gasteiger partial charge < -0.3 is 0 Å². The third-order valence-electron chi connectivity index (χ3n) is 3.19. The van der Waals surface area contributed by atoms with Crippen molar-refractivity contribution in [2.75, 3.05) is 0 Å². The summed E-state index contributed by atoms with van der Waals surface area (Å²) in [6, 6.07) is 0. The summed E-state index contributed by atoms with van der Waals surface area (Å²) in [5.74, 6) is 13.1. The standard InChI is InChI=1S/C16H24/c1-2-3-4-5-6-7-8-10-13-16-14-11-9-12-15-16/h16H,2-6,9,11-12,14-15H2,1H3. The van der Waals surface area contributed by atoms with E-state index in [1.165, 1.54) is 57.8 Å². The summed E-state index contributed by atoms with van der Waals surface area (Å²) < 4.78 is 0. The first kappa shape index (κ1) is 13.2. The van der Waals surface area contributed by atoms with Gasteiger partial charge in [0.25, 0.3) is 0 Å². The van der Waals surface area contributed by atoms with Crippen LogP contribution in [0.4, 0.5) is 0 Å². The molecule has 0 spiro atoms. The van der Waals surface area contributed by atoms with Gasteiger partial charge in [0.15, 0.2) is 0 Å². The van der Waals surface area contributed by atoms with Crippen molar-refractivity contribution in [2.45, 2.75) is 71.1 Å². The van der Waals surface area contributed by atoms with Crippen LogP contribution in [0.15, 0.2) is 0 Å². The predicted molar refractivity (Wildman–Crippen MR) is 70.9 cm³/mol. The van der Waals surface area contributed by atoms with Crippen LogP contribution in [0.1, 0.15) is 71.1 Å². The van der Waals surface area contributed by atoms with Crippen molar-refractivity contribution in [3.8, 4) is 23.7 Å². The van der Waals surface area contributed by atoms with Crippen molar-refractivity contribution >= 4 is 0 Å². The van der Waals surface area contributed by atoms with Crippen LogP contribution in [0, 0.1) is 29.6 Å². The Hall–Kier alpha value is -0.880. The number of rotatable bonds is 4. The van der Waals surface area contributed by atoms with Crippen LogP contribution in [0.5, 0.6) is 0 Å². The molecule has 1 aliphatic rings. The Bertz CT molecular complexity index is 273. The van der Waals surface area contributed by atoms with E-state index in [9.17, 15) is 0 Å². The van der Waals surface area contributed by atoms with Crippen LogP contribution in [0.2, 0.25) is 0 Å². The van der Waals surface area contributed by atoms with Crippen molar-refractivity contribution in [3.05, 3.63) is 0 Å². The molecule has 0 saturated heterocycles. The molecule has 0 aromatic heterocycles. The molecule has 0 amide bonds. The zero-order chi connectivity index (χ0) is 11.5. The summed E-state index contributed by atoms with van der Waals surface area (Å²) in [4.78, 5) is 0. The molecular weight excluding hydrogens is 192 g/mol. The van der Waals surface area contributed by atoms with Crippen molar-refractivity contribution < 1.29 is 0 Å². The largest absolute Gasteiger partial charge is 0.0891 e. The molecule has 88 valence electrons. The lowest BCUT2D eigenvalue weighted by atomic mass is 9.90. The zero-order valence-electron chi connectivity index (χ0n) is 10.6. The fourth-order valence-electron chi connectivity index (χ4n) is 2.13. The van der Waals surface area contributed by atoms with Gasteiger partial charge in [0.2, 0.25) is 0 Å². The summed E-state index contributed by atoms with van der Waals surface area (Å²) in [5.41, 5.74) is 0. The van der Waals surface area contributed by atoms with Crippen molar-refractivity contribution in [1.82, 2.24) is 0 Å². The molecule has 1 rings (SSSR count). The fraction of sp³-hybridized carbons (Fsp3) is 0.750. The van der Waals surface area contributed by atoms with Gasteiger partial charge in [0.05, 0.1) is 0 Å². The first-order chi connectivity index (χ1) is 7.93. The minimum Gasteiger partial charge on any atom is -0.0891 e. The summed E-state index contributed by atoms with van der Waals surface area (Å²) in [7, 11) is 0. The van der Waals surface area contributed by atoms with E-state index in [0.29, 0.717) is 5.92 Å². The Labute approximate surface area is 101 Å². The molecule has 0 aromatic rings. The van der Waals surface area contributed by atoms with Gasteiger partial charge in [-0.15, -0.1) is 0 Å². The normalized spacial score (nSPS) is 15.8. The first-order valence-electron chi connectivity index (χ1n) is 6.92. The molecular formula is C16H24. The zero-order valence-corrected chi connectivity index (χ0v) is 10.6. The van der Waals surface area contributed by atoms with Crippen LogP contribution in [0.3, 0.4) is 0 Å². The monoisotopic (exact) mass is 216 g/mol. The van der Waals surface area contributed by atoms with Crippen LogP contribution in [-0.4, -0.2) is 0 Å². The molecule has 0 nitrogen and oxygen atoms in total. The molecule has 0 unspecified atom stereocenters. The van der Waals surface area contributed by atoms with Gasteiger partial charge in [0.1, 0.15) is 0 Å². The second-order valence-electron chi connectivity index (χ2n) is 4.72. The minimum atomic E-state index is 0.642. The van der Waals surface area contributed by atoms with Crippen LogP contribution < -0.4 is 0 Å². The minimum absolute atomic E-state index is 0.642. The highest BCUT2D eigenvalue weighted by molar-refractivity contribution is 5.26. The molecule has 0 aliphatic heterocycles. The van der Waals surface area contributed by atoms with Gasteiger partial charge in [-0.3, -0.25) is 0 Å². The van der Waals surface area contributed by atoms with E-state index in [-0.39, 0.29) is 0 Å². The van der Waals surface area contributed by atoms with Crippen LogP contribution in [0.25, 0.3) is 0 Å². The molecule has 1 saturated carbocycles. The second kappa shape index (κ2) is 9.35. The van der Waals surface area contributed by atoms with E-state index in [2.05, 4.69) is 30.6 Å². The van der Waals surface area contributed by atoms with Crippen molar-refractivity contribution in [2.24, 2.45) is 5.92 Å². The molecule has 0 heteroatoms. The highest BCUT2D eigenvalue weighted by Gasteiger charge is 2.09. The third kappa shape index (κ3) is 6.58. The quantitative estimate of drug-likeness (QED) is 0.478. The van der Waals surface area contributed by atoms with Gasteiger partial charge in [-0.25, -0.2) is 0 Å². The highest BCUT2D eigenvalue weighted by Crippen LogP contribution is 2.22. The molecule has 0 bridgehead atoms. The van der Waals surface area contributed by atoms with E-state index < -0.39 is 0 Å². The average molecular weight is 216 g/mol. The molecule has 1 aliphatic carbocycles. The van der Waals surface area contributed by atoms with Crippen LogP contribution >= 0.6 is 0 Å². The van der Waals surface area contributed by atoms with E-state index in [1.54, 1.807) is 0 Å². The number of hydrogen-bond acceptors (Lipinski definition) is 0. The molecule has 16 heavy (non-hydrogen) atoms. The molecule has 0 N–H and O–H groups in total. The van der Waals surface area contributed by atoms with Gasteiger partial charge in [-0.2, -0.15) is 0 Å². The smallest absolute Gasteiger partial charge is 0.0213 e. The Morgan fingerprint density at radius 1 is 0.938 bits per heavy atom. The molecule has 1 fully saturated rings. The van der Waals surface area contributed by atoms with Crippen LogP contribution in [-0.2, 0) is 0 Å². The Morgan fingerprint density at radius 2 is 1.75 bits per heavy atom. The third-order valence-corrected chi connectivity index (χ3v) is 3.19. The maximum atomic E-state index is 3.30. The van der Waals surface area contributed by atoms with E-state index >= 15 is 0 Å². The predicted octanol–water partition coefficient (Wildman–Crippen LogP) is 4.54. The van der Waals surface area contributed by atoms with Crippen molar-refractivity contribution in [3.63, 3.8) is 0 Å². The number of hydrogen-bond donors (Lipinski definition) is 0. The lowest BCUT2D eigenvalue weighted by molar-refractivity contribution is 0.430. The number of unbranched alkanes of at least 4 members (excludes halogenated alkanes) is 4. The molecule has 0 atom stereocenters. The van der Waals surface area contributed by atoms with E-state index in [4.69, 9.17) is 0 Å². The Kier molecular flexibility index (Phi) is 7.71. The topological polar surface area (TPSA) is 0 Å². The Balaban J connectivity index is 2.08. The van der Waals surface area contributed by atoms with Gasteiger partial charge in [-0.1, -0.05) is 57.3 Å². The fourth-order valence-corrected chi connectivity index (χ4v) is 2.13. The summed E-state index contributed by atoms with van der Waals surface area (Å²) in [5, 5.41) is 0. The van der Waals surface area contributed by atoms with E-state index in [0.717, 1.165) is 6.42 Å². The molecule has 0 radical (unpaired) electrons. The van der Waals surface area contributed by atoms with Crippen molar-refractivity contribution in [1.29, 1.82) is 0 Å². The summed E-state index contributed by atoms with van der Waals surface area (Å²) >= 11 is 0.